The fraction of sp³-hybridized carbons (Fsp3) is 0.591. The van der Waals surface area contributed by atoms with Crippen LogP contribution in [-0.2, 0) is 68.6 Å². The highest BCUT2D eigenvalue weighted by Crippen LogP contribution is 2.51. The van der Waals surface area contributed by atoms with Gasteiger partial charge in [-0.1, -0.05) is 61.5 Å². The molecule has 31 heteroatoms. The minimum absolute atomic E-state index is 0.00283. The zero-order valence-corrected chi connectivity index (χ0v) is 57.5. The van der Waals surface area contributed by atoms with Crippen LogP contribution in [0.3, 0.4) is 0 Å². The van der Waals surface area contributed by atoms with Gasteiger partial charge < -0.3 is 79.7 Å². The smallest absolute Gasteiger partial charge is 0.358 e. The molecule has 0 aliphatic carbocycles. The molecule has 5 aliphatic heterocycles. The molecule has 97 heavy (non-hydrogen) atoms. The van der Waals surface area contributed by atoms with E-state index >= 15 is 19.2 Å². The maximum Gasteiger partial charge on any atom is 0.358 e. The lowest BCUT2D eigenvalue weighted by Crippen LogP contribution is -2.61. The molecule has 526 valence electrons. The molecule has 3 aromatic rings. The number of benzene rings is 2. The Bertz CT molecular complexity index is 3790. The quantitative estimate of drug-likeness (QED) is 0.123. The molecule has 4 fully saturated rings. The number of hydrogen-bond acceptors (Lipinski definition) is 20. The van der Waals surface area contributed by atoms with Gasteiger partial charge >= 0.3 is 23.5 Å². The number of carboxylic acids is 1. The van der Waals surface area contributed by atoms with Gasteiger partial charge in [-0.25, -0.2) is 19.4 Å². The number of carbonyl (C=O) groups excluding carboxylic acids is 12. The molecule has 0 saturated carbocycles. The summed E-state index contributed by atoms with van der Waals surface area (Å²) in [6, 6.07) is -8.26. The Hall–Kier alpha value is -9.71. The molecular formula is C66H88N12O19. The standard InChI is InChI=1S/C66H88N12O19/c1-28(2)44-62(89)77-23-17-19-38(77)60(87)73(13)26-40(79)75(15)51(30(5)6)65(92)94-34(11)46(58(85)69-44)71-56(83)36-22-21-32(9)53-48(36)68-50-43(49-55(33(10)54(50)96-53)97-64(91)37(67-49)25-42(81)82)57(84)72-47-35(12)95-66(93)52(31(7)8)76(16)41(80)27-74(14)61(88)39-20-18-24-78(39)63(90)45(29(3)4)70-59(47)86/h21-22,28-31,34-35,38-39,44-47,51-52,68H,17-20,23-27H2,1-16H3,(H,69,85)(H,70,86)(H,71,83)(H,72,84)(H,81,82)/t34-,35-,38+,39+,44-,45-,46+,47+,51+,52+/m1/s1. The predicted octanol–water partition coefficient (Wildman–Crippen LogP) is 1.52. The lowest BCUT2D eigenvalue weighted by Gasteiger charge is -2.36. The van der Waals surface area contributed by atoms with Crippen LogP contribution in [0.5, 0.6) is 11.5 Å². The van der Waals surface area contributed by atoms with Crippen molar-refractivity contribution in [2.45, 2.75) is 176 Å². The molecule has 10 amide bonds. The number of anilines is 2. The number of ether oxygens (including phenoxy) is 3. The minimum atomic E-state index is -1.96. The largest absolute Gasteiger partial charge is 0.481 e. The van der Waals surface area contributed by atoms with Crippen LogP contribution in [0, 0.1) is 37.5 Å². The summed E-state index contributed by atoms with van der Waals surface area (Å²) in [5.41, 5.74) is -3.83. The van der Waals surface area contributed by atoms with E-state index in [2.05, 4.69) is 31.6 Å². The summed E-state index contributed by atoms with van der Waals surface area (Å²) < 4.78 is 24.4. The third-order valence-corrected chi connectivity index (χ3v) is 18.5. The van der Waals surface area contributed by atoms with Crippen molar-refractivity contribution < 1.29 is 86.1 Å². The molecule has 1 aromatic heterocycles. The van der Waals surface area contributed by atoms with Crippen molar-refractivity contribution >= 4 is 99.5 Å². The highest BCUT2D eigenvalue weighted by atomic mass is 16.6. The lowest BCUT2D eigenvalue weighted by atomic mass is 9.98. The van der Waals surface area contributed by atoms with Gasteiger partial charge in [-0.3, -0.25) is 52.7 Å². The summed E-state index contributed by atoms with van der Waals surface area (Å²) in [5, 5.41) is 23.8. The third kappa shape index (κ3) is 14.8. The van der Waals surface area contributed by atoms with E-state index in [9.17, 15) is 53.1 Å². The van der Waals surface area contributed by atoms with Crippen LogP contribution >= 0.6 is 0 Å². The molecule has 10 atom stereocenters. The number of nitrogens with one attached hydrogen (secondary N) is 5. The van der Waals surface area contributed by atoms with Crippen molar-refractivity contribution in [3.63, 3.8) is 0 Å². The summed E-state index contributed by atoms with van der Waals surface area (Å²) in [4.78, 5) is 213. The number of aryl methyl sites for hydroxylation is 2. The van der Waals surface area contributed by atoms with Gasteiger partial charge in [0.15, 0.2) is 17.1 Å². The molecule has 8 rings (SSSR count). The van der Waals surface area contributed by atoms with Gasteiger partial charge in [-0.15, -0.1) is 0 Å². The second-order valence-corrected chi connectivity index (χ2v) is 27.1. The van der Waals surface area contributed by atoms with E-state index in [1.165, 1.54) is 80.7 Å². The van der Waals surface area contributed by atoms with Crippen molar-refractivity contribution in [1.29, 1.82) is 0 Å². The SMILES string of the molecule is Cc1ccc(C(=O)N[C@@H]2C(=O)N[C@H](C(C)C)C(=O)N3CCC[C@H]3C(=O)N(C)CC(=O)N(C)[C@@H](C(C)C)C(=O)O[C@@H]2C)c2c1Oc1c(c(C(=O)N[C@@H]3C(=O)N[C@H](C(C)C)C(=O)N4CCC[C@H]4C(=O)N(C)CC(=O)N(C)[C@@H](C(C)C)C(=O)O[C@@H]3C)c3nc(CC(=O)O)c(=O)oc3c1C)N2. The van der Waals surface area contributed by atoms with Gasteiger partial charge in [0.2, 0.25) is 47.3 Å². The van der Waals surface area contributed by atoms with Crippen LogP contribution in [0.2, 0.25) is 0 Å². The molecule has 0 unspecified atom stereocenters. The number of aliphatic carboxylic acids is 1. The van der Waals surface area contributed by atoms with Crippen molar-refractivity contribution in [2.24, 2.45) is 23.7 Å². The molecule has 4 saturated heterocycles. The number of carboxylic acid groups (broad SMARTS) is 1. The van der Waals surface area contributed by atoms with Crippen molar-refractivity contribution in [2.75, 3.05) is 59.7 Å². The molecular weight excluding hydrogens is 1260 g/mol. The van der Waals surface area contributed by atoms with Gasteiger partial charge in [0.1, 0.15) is 71.8 Å². The van der Waals surface area contributed by atoms with E-state index in [0.29, 0.717) is 18.4 Å². The first-order chi connectivity index (χ1) is 45.5. The van der Waals surface area contributed by atoms with E-state index in [0.717, 1.165) is 9.80 Å². The molecule has 0 bridgehead atoms. The molecule has 0 spiro atoms. The van der Waals surface area contributed by atoms with Gasteiger partial charge in [0, 0.05) is 46.8 Å². The van der Waals surface area contributed by atoms with Gasteiger partial charge in [0.25, 0.3) is 11.8 Å². The number of esters is 2. The zero-order chi connectivity index (χ0) is 71.8. The fourth-order valence-electron chi connectivity index (χ4n) is 13.1. The summed E-state index contributed by atoms with van der Waals surface area (Å²) in [5.74, 6) is -14.4. The Kier molecular flexibility index (Phi) is 22.1. The Labute approximate surface area is 560 Å². The van der Waals surface area contributed by atoms with E-state index in [1.807, 2.05) is 0 Å². The first-order valence-corrected chi connectivity index (χ1v) is 32.5. The number of hydrogen-bond donors (Lipinski definition) is 6. The maximum atomic E-state index is 15.8. The van der Waals surface area contributed by atoms with Crippen LogP contribution in [0.15, 0.2) is 21.3 Å². The second-order valence-electron chi connectivity index (χ2n) is 27.1. The number of aromatic nitrogens is 1. The molecule has 0 radical (unpaired) electrons. The van der Waals surface area contributed by atoms with Crippen LogP contribution in [0.25, 0.3) is 11.1 Å². The highest BCUT2D eigenvalue weighted by Gasteiger charge is 2.47. The first-order valence-electron chi connectivity index (χ1n) is 32.5. The van der Waals surface area contributed by atoms with Crippen molar-refractivity contribution in [3.8, 4) is 11.5 Å². The number of fused-ring (bicyclic) bond motifs is 5. The van der Waals surface area contributed by atoms with Crippen LogP contribution in [0.1, 0.15) is 132 Å². The summed E-state index contributed by atoms with van der Waals surface area (Å²) in [7, 11) is 5.53. The highest BCUT2D eigenvalue weighted by molar-refractivity contribution is 6.15. The topological polar surface area (TPSA) is 393 Å². The average Bonchev–Trinajstić information content (AvgIpc) is 1.38. The number of nitrogens with zero attached hydrogens (tertiary/aromatic N) is 7. The Morgan fingerprint density at radius 2 is 1.07 bits per heavy atom. The molecule has 31 nitrogen and oxygen atoms in total. The summed E-state index contributed by atoms with van der Waals surface area (Å²) in [6.45, 7) is 18.2. The van der Waals surface area contributed by atoms with Crippen LogP contribution in [-0.4, -0.2) is 231 Å². The molecule has 5 aliphatic rings. The number of amides is 10. The van der Waals surface area contributed by atoms with Gasteiger partial charge in [-0.2, -0.15) is 0 Å². The van der Waals surface area contributed by atoms with E-state index < -0.39 is 209 Å². The Morgan fingerprint density at radius 3 is 1.51 bits per heavy atom. The Morgan fingerprint density at radius 1 is 0.619 bits per heavy atom. The molecule has 6 N–H and O–H groups in total. The number of rotatable bonds is 10. The first kappa shape index (κ1) is 73.1. The molecule has 6 heterocycles. The maximum absolute atomic E-state index is 15.8. The normalized spacial score (nSPS) is 25.4. The van der Waals surface area contributed by atoms with E-state index in [4.69, 9.17) is 18.6 Å². The van der Waals surface area contributed by atoms with Crippen molar-refractivity contribution in [1.82, 2.24) is 55.7 Å². The summed E-state index contributed by atoms with van der Waals surface area (Å²) >= 11 is 0. The zero-order valence-electron chi connectivity index (χ0n) is 57.5. The second kappa shape index (κ2) is 29.3. The fourth-order valence-corrected chi connectivity index (χ4v) is 13.1. The monoisotopic (exact) mass is 1350 g/mol. The van der Waals surface area contributed by atoms with Gasteiger partial charge in [0.05, 0.1) is 42.0 Å². The number of likely N-dealkylation sites (N-methyl/N-ethyl adjacent to an activating group) is 4. The Balaban J connectivity index is 1.24. The molecule has 2 aromatic carbocycles. The van der Waals surface area contributed by atoms with Crippen LogP contribution < -0.4 is 36.9 Å². The number of carbonyl (C=O) groups is 13. The van der Waals surface area contributed by atoms with E-state index in [-0.39, 0.29) is 59.9 Å². The number of cyclic esters (lactones) is 2. The average molecular weight is 1350 g/mol. The van der Waals surface area contributed by atoms with Crippen molar-refractivity contribution in [3.05, 3.63) is 50.5 Å². The van der Waals surface area contributed by atoms with Gasteiger partial charge in [-0.05, 0) is 88.7 Å². The summed E-state index contributed by atoms with van der Waals surface area (Å²) in [6.07, 6.45) is -2.88. The lowest BCUT2D eigenvalue weighted by molar-refractivity contribution is -0.163. The third-order valence-electron chi connectivity index (χ3n) is 18.5. The predicted molar refractivity (Wildman–Crippen MR) is 346 cm³/mol. The minimum Gasteiger partial charge on any atom is -0.481 e. The van der Waals surface area contributed by atoms with Crippen LogP contribution in [0.4, 0.5) is 11.4 Å². The van der Waals surface area contributed by atoms with E-state index in [1.54, 1.807) is 62.3 Å².